The van der Waals surface area contributed by atoms with Crippen molar-refractivity contribution in [3.63, 3.8) is 0 Å². The van der Waals surface area contributed by atoms with Crippen molar-refractivity contribution in [1.29, 1.82) is 0 Å². The van der Waals surface area contributed by atoms with E-state index in [0.29, 0.717) is 18.9 Å². The van der Waals surface area contributed by atoms with Crippen molar-refractivity contribution >= 4 is 11.8 Å². The lowest BCUT2D eigenvalue weighted by Crippen LogP contribution is -2.44. The molecule has 2 fully saturated rings. The second kappa shape index (κ2) is 11.2. The minimum Gasteiger partial charge on any atom is -0.379 e. The summed E-state index contributed by atoms with van der Waals surface area (Å²) in [5.74, 6) is 0.945. The zero-order valence-corrected chi connectivity index (χ0v) is 18.8. The SMILES string of the molecule is CCNC(=NCc1cccc(CN2CCOCC2)c1)NC1CCN(c2ncccc2F)C1. The predicted molar refractivity (Wildman–Crippen MR) is 125 cm³/mol. The maximum atomic E-state index is 14.1. The van der Waals surface area contributed by atoms with Gasteiger partial charge in [-0.3, -0.25) is 4.90 Å². The molecule has 2 aromatic rings. The van der Waals surface area contributed by atoms with Crippen molar-refractivity contribution in [1.82, 2.24) is 20.5 Å². The molecule has 1 atom stereocenters. The van der Waals surface area contributed by atoms with Gasteiger partial charge in [-0.25, -0.2) is 14.4 Å². The van der Waals surface area contributed by atoms with Gasteiger partial charge in [0.2, 0.25) is 0 Å². The van der Waals surface area contributed by atoms with Gasteiger partial charge in [0.15, 0.2) is 17.6 Å². The molecule has 0 amide bonds. The number of pyridine rings is 1. The quantitative estimate of drug-likeness (QED) is 0.509. The fourth-order valence-corrected chi connectivity index (χ4v) is 4.21. The van der Waals surface area contributed by atoms with Crippen LogP contribution in [0.4, 0.5) is 10.2 Å². The average molecular weight is 441 g/mol. The Bertz CT molecular complexity index is 902. The minimum atomic E-state index is -0.273. The Morgan fingerprint density at radius 3 is 2.84 bits per heavy atom. The van der Waals surface area contributed by atoms with Crippen molar-refractivity contribution in [3.05, 3.63) is 59.5 Å². The van der Waals surface area contributed by atoms with Gasteiger partial charge in [-0.15, -0.1) is 0 Å². The molecule has 1 aromatic heterocycles. The van der Waals surface area contributed by atoms with Crippen LogP contribution in [0.25, 0.3) is 0 Å². The third kappa shape index (κ3) is 6.17. The van der Waals surface area contributed by atoms with Crippen LogP contribution in [0.2, 0.25) is 0 Å². The molecule has 0 saturated carbocycles. The summed E-state index contributed by atoms with van der Waals surface area (Å²) in [6, 6.07) is 11.9. The molecule has 0 bridgehead atoms. The van der Waals surface area contributed by atoms with E-state index in [-0.39, 0.29) is 11.9 Å². The molecule has 3 heterocycles. The molecule has 2 aliphatic rings. The van der Waals surface area contributed by atoms with Crippen molar-refractivity contribution in [2.45, 2.75) is 32.5 Å². The van der Waals surface area contributed by atoms with Crippen LogP contribution in [0.3, 0.4) is 0 Å². The minimum absolute atomic E-state index is 0.196. The Morgan fingerprint density at radius 2 is 2.03 bits per heavy atom. The molecule has 1 aromatic carbocycles. The number of nitrogens with zero attached hydrogens (tertiary/aromatic N) is 4. The summed E-state index contributed by atoms with van der Waals surface area (Å²) < 4.78 is 19.5. The highest BCUT2D eigenvalue weighted by Crippen LogP contribution is 2.20. The first kappa shape index (κ1) is 22.5. The van der Waals surface area contributed by atoms with E-state index in [9.17, 15) is 4.39 Å². The van der Waals surface area contributed by atoms with E-state index in [1.807, 2.05) is 4.90 Å². The summed E-state index contributed by atoms with van der Waals surface area (Å²) >= 11 is 0. The van der Waals surface area contributed by atoms with Crippen LogP contribution < -0.4 is 15.5 Å². The highest BCUT2D eigenvalue weighted by Gasteiger charge is 2.25. The molecule has 0 aliphatic carbocycles. The molecule has 4 rings (SSSR count). The van der Waals surface area contributed by atoms with Gasteiger partial charge in [-0.05, 0) is 36.6 Å². The first-order valence-corrected chi connectivity index (χ1v) is 11.5. The third-order valence-electron chi connectivity index (χ3n) is 5.83. The number of nitrogens with one attached hydrogen (secondary N) is 2. The zero-order chi connectivity index (χ0) is 22.2. The molecule has 7 nitrogen and oxygen atoms in total. The van der Waals surface area contributed by atoms with Crippen LogP contribution in [-0.2, 0) is 17.8 Å². The number of anilines is 1. The maximum absolute atomic E-state index is 14.1. The number of ether oxygens (including phenoxy) is 1. The van der Waals surface area contributed by atoms with Gasteiger partial charge in [0, 0.05) is 51.5 Å². The van der Waals surface area contributed by atoms with E-state index in [1.165, 1.54) is 17.2 Å². The van der Waals surface area contributed by atoms with E-state index >= 15 is 0 Å². The second-order valence-electron chi connectivity index (χ2n) is 8.29. The summed E-state index contributed by atoms with van der Waals surface area (Å²) in [5, 5.41) is 6.85. The molecule has 2 saturated heterocycles. The normalized spacial score (nSPS) is 19.9. The first-order valence-electron chi connectivity index (χ1n) is 11.5. The molecule has 1 unspecified atom stereocenters. The fourth-order valence-electron chi connectivity index (χ4n) is 4.21. The van der Waals surface area contributed by atoms with E-state index < -0.39 is 0 Å². The number of aliphatic imine (C=N–C) groups is 1. The molecule has 2 aliphatic heterocycles. The molecule has 172 valence electrons. The van der Waals surface area contributed by atoms with Gasteiger partial charge < -0.3 is 20.3 Å². The van der Waals surface area contributed by atoms with Gasteiger partial charge in [0.25, 0.3) is 0 Å². The van der Waals surface area contributed by atoms with E-state index in [0.717, 1.165) is 58.3 Å². The summed E-state index contributed by atoms with van der Waals surface area (Å²) in [5.41, 5.74) is 2.50. The van der Waals surface area contributed by atoms with Gasteiger partial charge in [-0.2, -0.15) is 0 Å². The van der Waals surface area contributed by atoms with Crippen molar-refractivity contribution in [2.75, 3.05) is 50.8 Å². The number of aromatic nitrogens is 1. The Balaban J connectivity index is 1.34. The van der Waals surface area contributed by atoms with Crippen LogP contribution in [0.15, 0.2) is 47.6 Å². The first-order chi connectivity index (χ1) is 15.7. The monoisotopic (exact) mass is 440 g/mol. The number of hydrogen-bond donors (Lipinski definition) is 2. The van der Waals surface area contributed by atoms with Crippen LogP contribution in [-0.4, -0.2) is 67.8 Å². The largest absolute Gasteiger partial charge is 0.379 e. The molecule has 0 spiro atoms. The smallest absolute Gasteiger partial charge is 0.191 e. The van der Waals surface area contributed by atoms with Crippen LogP contribution in [0.1, 0.15) is 24.5 Å². The number of hydrogen-bond acceptors (Lipinski definition) is 5. The van der Waals surface area contributed by atoms with Gasteiger partial charge >= 0.3 is 0 Å². The summed E-state index contributed by atoms with van der Waals surface area (Å²) in [4.78, 5) is 13.4. The van der Waals surface area contributed by atoms with Gasteiger partial charge in [-0.1, -0.05) is 24.3 Å². The van der Waals surface area contributed by atoms with Crippen LogP contribution >= 0.6 is 0 Å². The lowest BCUT2D eigenvalue weighted by atomic mass is 10.1. The number of guanidine groups is 1. The topological polar surface area (TPSA) is 65.0 Å². The number of benzene rings is 1. The van der Waals surface area contributed by atoms with E-state index in [2.05, 4.69) is 51.7 Å². The lowest BCUT2D eigenvalue weighted by Gasteiger charge is -2.26. The predicted octanol–water partition coefficient (Wildman–Crippen LogP) is 2.39. The van der Waals surface area contributed by atoms with Gasteiger partial charge in [0.05, 0.1) is 19.8 Å². The van der Waals surface area contributed by atoms with E-state index in [1.54, 1.807) is 12.3 Å². The fraction of sp³-hybridized carbons (Fsp3) is 0.500. The lowest BCUT2D eigenvalue weighted by molar-refractivity contribution is 0.0342. The molecular formula is C24H33FN6O. The molecular weight excluding hydrogens is 407 g/mol. The maximum Gasteiger partial charge on any atom is 0.191 e. The van der Waals surface area contributed by atoms with Crippen molar-refractivity contribution in [3.8, 4) is 0 Å². The number of morpholine rings is 1. The molecule has 0 radical (unpaired) electrons. The average Bonchev–Trinajstić information content (AvgIpc) is 3.27. The molecule has 32 heavy (non-hydrogen) atoms. The Morgan fingerprint density at radius 1 is 1.19 bits per heavy atom. The Hall–Kier alpha value is -2.71. The number of rotatable bonds is 7. The zero-order valence-electron chi connectivity index (χ0n) is 18.8. The standard InChI is InChI=1S/C24H33FN6O/c1-2-26-24(29-21-8-10-31(18-21)23-22(25)7-4-9-27-23)28-16-19-5-3-6-20(15-19)17-30-11-13-32-14-12-30/h3-7,9,15,21H,2,8,10-14,16-18H2,1H3,(H2,26,28,29). The molecule has 8 heteroatoms. The second-order valence-corrected chi connectivity index (χ2v) is 8.29. The third-order valence-corrected chi connectivity index (χ3v) is 5.83. The summed E-state index contributed by atoms with van der Waals surface area (Å²) in [7, 11) is 0. The number of halogens is 1. The molecule has 2 N–H and O–H groups in total. The summed E-state index contributed by atoms with van der Waals surface area (Å²) in [6.45, 7) is 9.47. The van der Waals surface area contributed by atoms with E-state index in [4.69, 9.17) is 9.73 Å². The highest BCUT2D eigenvalue weighted by molar-refractivity contribution is 5.80. The van der Waals surface area contributed by atoms with Crippen LogP contribution in [0, 0.1) is 5.82 Å². The Kier molecular flexibility index (Phi) is 7.90. The highest BCUT2D eigenvalue weighted by atomic mass is 19.1. The summed E-state index contributed by atoms with van der Waals surface area (Å²) in [6.07, 6.45) is 2.55. The van der Waals surface area contributed by atoms with Crippen LogP contribution in [0.5, 0.6) is 0 Å². The van der Waals surface area contributed by atoms with Gasteiger partial charge in [0.1, 0.15) is 0 Å². The van der Waals surface area contributed by atoms with Crippen molar-refractivity contribution < 1.29 is 9.13 Å². The van der Waals surface area contributed by atoms with Crippen molar-refractivity contribution in [2.24, 2.45) is 4.99 Å². The Labute approximate surface area is 189 Å².